The number of benzene rings is 1. The third-order valence-electron chi connectivity index (χ3n) is 5.55. The van der Waals surface area contributed by atoms with E-state index in [-0.39, 0.29) is 11.7 Å². The van der Waals surface area contributed by atoms with Gasteiger partial charge in [-0.1, -0.05) is 44.2 Å². The van der Waals surface area contributed by atoms with Crippen molar-refractivity contribution in [3.05, 3.63) is 59.5 Å². The first-order valence-corrected chi connectivity index (χ1v) is 11.8. The normalized spacial score (nSPS) is 15.5. The monoisotopic (exact) mass is 414 g/mol. The standard InChI is InChI=1S/C24H31FN2OS/c25-21-14-12-19(13-15-21)10-7-17-29-24-22(11-6-16-26-24)23(28)27-18-20-8-4-2-1-3-5-9-20/h6,11-16,20H,1-5,7-10,17-18H2,(H,27,28). The predicted octanol–water partition coefficient (Wildman–Crippen LogP) is 6.04. The molecule has 0 spiro atoms. The van der Waals surface area contributed by atoms with Crippen LogP contribution in [-0.2, 0) is 6.42 Å². The van der Waals surface area contributed by atoms with Gasteiger partial charge in [0.05, 0.1) is 5.56 Å². The van der Waals surface area contributed by atoms with E-state index >= 15 is 0 Å². The van der Waals surface area contributed by atoms with Crippen molar-refractivity contribution < 1.29 is 9.18 Å². The summed E-state index contributed by atoms with van der Waals surface area (Å²) < 4.78 is 13.0. The number of nitrogens with one attached hydrogen (secondary N) is 1. The maximum atomic E-state index is 13.0. The number of carbonyl (C=O) groups is 1. The molecule has 0 atom stereocenters. The van der Waals surface area contributed by atoms with Crippen LogP contribution >= 0.6 is 11.8 Å². The fourth-order valence-electron chi connectivity index (χ4n) is 3.85. The summed E-state index contributed by atoms with van der Waals surface area (Å²) in [5.74, 6) is 1.26. The minimum absolute atomic E-state index is 0.0128. The molecule has 3 rings (SSSR count). The van der Waals surface area contributed by atoms with Crippen molar-refractivity contribution in [3.63, 3.8) is 0 Å². The Morgan fingerprint density at radius 3 is 2.55 bits per heavy atom. The number of carbonyl (C=O) groups excluding carboxylic acids is 1. The summed E-state index contributed by atoms with van der Waals surface area (Å²) in [5.41, 5.74) is 1.80. The molecule has 1 heterocycles. The molecular weight excluding hydrogens is 383 g/mol. The van der Waals surface area contributed by atoms with Crippen LogP contribution in [0.25, 0.3) is 0 Å². The molecule has 1 saturated carbocycles. The number of pyridine rings is 1. The molecule has 5 heteroatoms. The highest BCUT2D eigenvalue weighted by Gasteiger charge is 2.16. The fourth-order valence-corrected chi connectivity index (χ4v) is 4.79. The van der Waals surface area contributed by atoms with Crippen LogP contribution in [0.4, 0.5) is 4.39 Å². The fraction of sp³-hybridized carbons (Fsp3) is 0.500. The van der Waals surface area contributed by atoms with Crippen molar-refractivity contribution >= 4 is 17.7 Å². The Hall–Kier alpha value is -1.88. The lowest BCUT2D eigenvalue weighted by Crippen LogP contribution is -2.30. The zero-order chi connectivity index (χ0) is 20.3. The Labute approximate surface area is 177 Å². The predicted molar refractivity (Wildman–Crippen MR) is 118 cm³/mol. The van der Waals surface area contributed by atoms with E-state index in [1.165, 1.54) is 57.1 Å². The lowest BCUT2D eigenvalue weighted by atomic mass is 9.91. The summed E-state index contributed by atoms with van der Waals surface area (Å²) in [6.45, 7) is 0.766. The first-order chi connectivity index (χ1) is 14.2. The Kier molecular flexibility index (Phi) is 9.00. The third kappa shape index (κ3) is 7.46. The summed E-state index contributed by atoms with van der Waals surface area (Å²) in [4.78, 5) is 17.2. The van der Waals surface area contributed by atoms with Crippen molar-refractivity contribution in [1.82, 2.24) is 10.3 Å². The highest BCUT2D eigenvalue weighted by atomic mass is 32.2. The number of halogens is 1. The second kappa shape index (κ2) is 12.0. The first kappa shape index (κ1) is 21.8. The van der Waals surface area contributed by atoms with Crippen LogP contribution in [0.2, 0.25) is 0 Å². The number of aryl methyl sites for hydroxylation is 1. The molecule has 1 aliphatic rings. The van der Waals surface area contributed by atoms with Crippen LogP contribution in [-0.4, -0.2) is 23.2 Å². The molecule has 0 saturated heterocycles. The van der Waals surface area contributed by atoms with Gasteiger partial charge in [0.2, 0.25) is 0 Å². The Balaban J connectivity index is 1.47. The Bertz CT molecular complexity index is 758. The van der Waals surface area contributed by atoms with E-state index in [1.54, 1.807) is 18.0 Å². The molecule has 1 fully saturated rings. The third-order valence-corrected chi connectivity index (χ3v) is 6.65. The van der Waals surface area contributed by atoms with Gasteiger partial charge in [0.15, 0.2) is 0 Å². The lowest BCUT2D eigenvalue weighted by Gasteiger charge is -2.20. The molecule has 1 aromatic carbocycles. The zero-order valence-corrected chi connectivity index (χ0v) is 17.9. The van der Waals surface area contributed by atoms with Gasteiger partial charge in [-0.05, 0) is 67.2 Å². The molecule has 0 aliphatic heterocycles. The molecule has 2 aromatic rings. The number of hydrogen-bond donors (Lipinski definition) is 1. The van der Waals surface area contributed by atoms with Crippen LogP contribution in [0.5, 0.6) is 0 Å². The molecule has 29 heavy (non-hydrogen) atoms. The van der Waals surface area contributed by atoms with Gasteiger partial charge in [-0.25, -0.2) is 9.37 Å². The SMILES string of the molecule is O=C(NCC1CCCCCCC1)c1cccnc1SCCCc1ccc(F)cc1. The maximum absolute atomic E-state index is 13.0. The number of hydrogen-bond acceptors (Lipinski definition) is 3. The molecule has 0 unspecified atom stereocenters. The topological polar surface area (TPSA) is 42.0 Å². The number of aromatic nitrogens is 1. The summed E-state index contributed by atoms with van der Waals surface area (Å²) in [7, 11) is 0. The lowest BCUT2D eigenvalue weighted by molar-refractivity contribution is 0.0941. The van der Waals surface area contributed by atoms with Crippen LogP contribution < -0.4 is 5.32 Å². The molecule has 1 N–H and O–H groups in total. The number of thioether (sulfide) groups is 1. The minimum Gasteiger partial charge on any atom is -0.352 e. The molecule has 1 aromatic heterocycles. The summed E-state index contributed by atoms with van der Waals surface area (Å²) in [6, 6.07) is 10.3. The van der Waals surface area contributed by atoms with E-state index in [2.05, 4.69) is 10.3 Å². The highest BCUT2D eigenvalue weighted by molar-refractivity contribution is 7.99. The second-order valence-electron chi connectivity index (χ2n) is 7.86. The molecule has 3 nitrogen and oxygen atoms in total. The van der Waals surface area contributed by atoms with Crippen molar-refractivity contribution in [2.24, 2.45) is 5.92 Å². The first-order valence-electron chi connectivity index (χ1n) is 10.8. The minimum atomic E-state index is -0.202. The second-order valence-corrected chi connectivity index (χ2v) is 8.94. The van der Waals surface area contributed by atoms with Gasteiger partial charge in [-0.2, -0.15) is 0 Å². The number of nitrogens with zero attached hydrogens (tertiary/aromatic N) is 1. The molecule has 0 radical (unpaired) electrons. The van der Waals surface area contributed by atoms with Crippen molar-refractivity contribution in [2.75, 3.05) is 12.3 Å². The Morgan fingerprint density at radius 2 is 1.79 bits per heavy atom. The molecule has 156 valence electrons. The van der Waals surface area contributed by atoms with E-state index in [1.807, 2.05) is 24.3 Å². The van der Waals surface area contributed by atoms with Crippen LogP contribution in [0.15, 0.2) is 47.6 Å². The quantitative estimate of drug-likeness (QED) is 0.423. The molecule has 1 aliphatic carbocycles. The van der Waals surface area contributed by atoms with Gasteiger partial charge in [-0.3, -0.25) is 4.79 Å². The number of amides is 1. The van der Waals surface area contributed by atoms with Gasteiger partial charge in [0, 0.05) is 12.7 Å². The Morgan fingerprint density at radius 1 is 1.07 bits per heavy atom. The molecular formula is C24H31FN2OS. The van der Waals surface area contributed by atoms with Crippen LogP contribution in [0, 0.1) is 11.7 Å². The largest absolute Gasteiger partial charge is 0.352 e. The van der Waals surface area contributed by atoms with Crippen LogP contribution in [0.1, 0.15) is 67.3 Å². The molecule has 1 amide bonds. The van der Waals surface area contributed by atoms with Crippen molar-refractivity contribution in [3.8, 4) is 0 Å². The van der Waals surface area contributed by atoms with Crippen molar-refractivity contribution in [2.45, 2.75) is 62.8 Å². The van der Waals surface area contributed by atoms with Crippen LogP contribution in [0.3, 0.4) is 0 Å². The maximum Gasteiger partial charge on any atom is 0.254 e. The van der Waals surface area contributed by atoms with Crippen molar-refractivity contribution in [1.29, 1.82) is 0 Å². The van der Waals surface area contributed by atoms with Gasteiger partial charge in [0.1, 0.15) is 10.8 Å². The average molecular weight is 415 g/mol. The van der Waals surface area contributed by atoms with Gasteiger partial charge in [0.25, 0.3) is 5.91 Å². The summed E-state index contributed by atoms with van der Waals surface area (Å²) in [6.07, 6.45) is 12.6. The van der Waals surface area contributed by atoms with E-state index in [0.29, 0.717) is 11.5 Å². The van der Waals surface area contributed by atoms with E-state index in [0.717, 1.165) is 35.7 Å². The van der Waals surface area contributed by atoms with E-state index < -0.39 is 0 Å². The smallest absolute Gasteiger partial charge is 0.254 e. The highest BCUT2D eigenvalue weighted by Crippen LogP contribution is 2.23. The van der Waals surface area contributed by atoms with Gasteiger partial charge in [-0.15, -0.1) is 11.8 Å². The van der Waals surface area contributed by atoms with E-state index in [4.69, 9.17) is 0 Å². The van der Waals surface area contributed by atoms with E-state index in [9.17, 15) is 9.18 Å². The average Bonchev–Trinajstić information content (AvgIpc) is 2.72. The summed E-state index contributed by atoms with van der Waals surface area (Å²) in [5, 5.41) is 3.94. The number of rotatable bonds is 8. The molecule has 0 bridgehead atoms. The summed E-state index contributed by atoms with van der Waals surface area (Å²) >= 11 is 1.62. The van der Waals surface area contributed by atoms with Gasteiger partial charge >= 0.3 is 0 Å². The van der Waals surface area contributed by atoms with Gasteiger partial charge < -0.3 is 5.32 Å². The zero-order valence-electron chi connectivity index (χ0n) is 17.0.